The Bertz CT molecular complexity index is 928. The minimum atomic E-state index is -0.140. The molecule has 0 saturated carbocycles. The van der Waals surface area contributed by atoms with E-state index in [1.54, 1.807) is 25.3 Å². The molecule has 0 aliphatic carbocycles. The summed E-state index contributed by atoms with van der Waals surface area (Å²) in [5, 5.41) is 9.29. The molecule has 4 heteroatoms. The van der Waals surface area contributed by atoms with Gasteiger partial charge in [0.1, 0.15) is 12.4 Å². The summed E-state index contributed by atoms with van der Waals surface area (Å²) in [6.07, 6.45) is 3.21. The van der Waals surface area contributed by atoms with Crippen LogP contribution >= 0.6 is 0 Å². The van der Waals surface area contributed by atoms with E-state index >= 15 is 0 Å². The average molecular weight is 360 g/mol. The van der Waals surface area contributed by atoms with Gasteiger partial charge in [0, 0.05) is 5.56 Å². The monoisotopic (exact) mass is 360 g/mol. The number of phenolic OH excluding ortho intramolecular Hbond substituents is 1. The molecule has 0 aliphatic heterocycles. The topological polar surface area (TPSA) is 55.8 Å². The van der Waals surface area contributed by atoms with Crippen LogP contribution in [0, 0.1) is 0 Å². The molecular formula is C23H20O4. The number of carbonyl (C=O) groups is 1. The van der Waals surface area contributed by atoms with E-state index in [0.29, 0.717) is 23.7 Å². The molecule has 3 aromatic carbocycles. The van der Waals surface area contributed by atoms with Crippen LogP contribution in [0.1, 0.15) is 21.5 Å². The number of hydrogen-bond donors (Lipinski definition) is 1. The number of carbonyl (C=O) groups excluding carboxylic acids is 1. The van der Waals surface area contributed by atoms with Gasteiger partial charge in [0.2, 0.25) is 0 Å². The lowest BCUT2D eigenvalue weighted by Crippen LogP contribution is -1.98. The van der Waals surface area contributed by atoms with Crippen molar-refractivity contribution < 1.29 is 19.4 Å². The first kappa shape index (κ1) is 18.3. The van der Waals surface area contributed by atoms with Crippen molar-refractivity contribution in [1.29, 1.82) is 0 Å². The molecule has 0 aromatic heterocycles. The average Bonchev–Trinajstić information content (AvgIpc) is 2.72. The first-order valence-corrected chi connectivity index (χ1v) is 8.52. The maximum atomic E-state index is 12.2. The molecule has 1 N–H and O–H groups in total. The van der Waals surface area contributed by atoms with Gasteiger partial charge in [0.25, 0.3) is 0 Å². The highest BCUT2D eigenvalue weighted by Gasteiger charge is 2.06. The van der Waals surface area contributed by atoms with Crippen molar-refractivity contribution in [2.75, 3.05) is 7.11 Å². The third kappa shape index (κ3) is 4.98. The zero-order valence-electron chi connectivity index (χ0n) is 15.0. The molecule has 0 fully saturated rings. The maximum Gasteiger partial charge on any atom is 0.185 e. The van der Waals surface area contributed by atoms with E-state index < -0.39 is 0 Å². The lowest BCUT2D eigenvalue weighted by atomic mass is 10.1. The summed E-state index contributed by atoms with van der Waals surface area (Å²) in [5.74, 6) is 1.23. The smallest absolute Gasteiger partial charge is 0.185 e. The van der Waals surface area contributed by atoms with Gasteiger partial charge in [-0.05, 0) is 53.6 Å². The number of ether oxygens (including phenoxy) is 2. The Balaban J connectivity index is 1.69. The fourth-order valence-electron chi connectivity index (χ4n) is 2.54. The molecule has 0 atom stereocenters. The quantitative estimate of drug-likeness (QED) is 0.482. The van der Waals surface area contributed by atoms with Gasteiger partial charge in [-0.25, -0.2) is 0 Å². The molecule has 3 rings (SSSR count). The van der Waals surface area contributed by atoms with Crippen LogP contribution in [-0.2, 0) is 6.61 Å². The first-order chi connectivity index (χ1) is 13.2. The number of rotatable bonds is 7. The van der Waals surface area contributed by atoms with Crippen molar-refractivity contribution in [2.45, 2.75) is 6.61 Å². The molecule has 3 aromatic rings. The van der Waals surface area contributed by atoms with Gasteiger partial charge in [-0.3, -0.25) is 4.79 Å². The zero-order chi connectivity index (χ0) is 19.1. The first-order valence-electron chi connectivity index (χ1n) is 8.52. The second kappa shape index (κ2) is 8.72. The molecule has 0 saturated heterocycles. The van der Waals surface area contributed by atoms with Crippen molar-refractivity contribution >= 4 is 11.9 Å². The van der Waals surface area contributed by atoms with Crippen molar-refractivity contribution in [3.63, 3.8) is 0 Å². The molecule has 4 nitrogen and oxygen atoms in total. The third-order valence-electron chi connectivity index (χ3n) is 4.00. The van der Waals surface area contributed by atoms with Crippen molar-refractivity contribution in [2.24, 2.45) is 0 Å². The Morgan fingerprint density at radius 2 is 1.70 bits per heavy atom. The predicted molar refractivity (Wildman–Crippen MR) is 105 cm³/mol. The van der Waals surface area contributed by atoms with E-state index in [9.17, 15) is 9.90 Å². The van der Waals surface area contributed by atoms with Gasteiger partial charge in [-0.2, -0.15) is 0 Å². The highest BCUT2D eigenvalue weighted by atomic mass is 16.5. The van der Waals surface area contributed by atoms with Crippen molar-refractivity contribution in [3.8, 4) is 17.2 Å². The van der Waals surface area contributed by atoms with Crippen LogP contribution in [0.25, 0.3) is 6.08 Å². The summed E-state index contributed by atoms with van der Waals surface area (Å²) < 4.78 is 11.2. The number of aromatic hydroxyl groups is 1. The number of phenols is 1. The molecular weight excluding hydrogens is 340 g/mol. The molecule has 0 spiro atoms. The molecule has 0 bridgehead atoms. The van der Waals surface area contributed by atoms with Crippen LogP contribution in [-0.4, -0.2) is 18.0 Å². The number of ketones is 1. The molecule has 0 unspecified atom stereocenters. The Labute approximate surface area is 158 Å². The number of allylic oxidation sites excluding steroid dienone is 1. The fraction of sp³-hybridized carbons (Fsp3) is 0.0870. The largest absolute Gasteiger partial charge is 0.508 e. The van der Waals surface area contributed by atoms with Gasteiger partial charge < -0.3 is 14.6 Å². The van der Waals surface area contributed by atoms with E-state index in [0.717, 1.165) is 11.1 Å². The second-order valence-corrected chi connectivity index (χ2v) is 5.93. The molecule has 0 radical (unpaired) electrons. The summed E-state index contributed by atoms with van der Waals surface area (Å²) in [6.45, 7) is 0.450. The SMILES string of the molecule is COc1cc(C=CC(=O)c2ccc(O)cc2)ccc1OCc1ccccc1. The highest BCUT2D eigenvalue weighted by molar-refractivity contribution is 6.06. The Hall–Kier alpha value is -3.53. The predicted octanol–water partition coefficient (Wildman–Crippen LogP) is 4.88. The van der Waals surface area contributed by atoms with Crippen molar-refractivity contribution in [1.82, 2.24) is 0 Å². The van der Waals surface area contributed by atoms with Crippen LogP contribution < -0.4 is 9.47 Å². The lowest BCUT2D eigenvalue weighted by molar-refractivity contribution is 0.104. The fourth-order valence-corrected chi connectivity index (χ4v) is 2.54. The minimum Gasteiger partial charge on any atom is -0.508 e. The number of benzene rings is 3. The standard InChI is InChI=1S/C23H20O4/c1-26-23-15-17(7-13-21(25)19-9-11-20(24)12-10-19)8-14-22(23)27-16-18-5-3-2-4-6-18/h2-15,24H,16H2,1H3. The minimum absolute atomic E-state index is 0.131. The normalized spacial score (nSPS) is 10.7. The highest BCUT2D eigenvalue weighted by Crippen LogP contribution is 2.29. The maximum absolute atomic E-state index is 12.2. The second-order valence-electron chi connectivity index (χ2n) is 5.93. The number of methoxy groups -OCH3 is 1. The molecule has 0 heterocycles. The molecule has 27 heavy (non-hydrogen) atoms. The van der Waals surface area contributed by atoms with Crippen molar-refractivity contribution in [3.05, 3.63) is 95.6 Å². The van der Waals surface area contributed by atoms with Crippen LogP contribution in [0.2, 0.25) is 0 Å². The van der Waals surface area contributed by atoms with Gasteiger partial charge in [0.05, 0.1) is 7.11 Å². The van der Waals surface area contributed by atoms with E-state index in [-0.39, 0.29) is 11.5 Å². The molecule has 0 aliphatic rings. The Morgan fingerprint density at radius 3 is 2.41 bits per heavy atom. The Morgan fingerprint density at radius 1 is 0.963 bits per heavy atom. The summed E-state index contributed by atoms with van der Waals surface area (Å²) in [7, 11) is 1.58. The van der Waals surface area contributed by atoms with E-state index in [4.69, 9.17) is 9.47 Å². The van der Waals surface area contributed by atoms with Crippen LogP contribution in [0.5, 0.6) is 17.2 Å². The van der Waals surface area contributed by atoms with E-state index in [1.807, 2.05) is 48.5 Å². The summed E-state index contributed by atoms with van der Waals surface area (Å²) in [6, 6.07) is 21.6. The van der Waals surface area contributed by atoms with E-state index in [2.05, 4.69) is 0 Å². The lowest BCUT2D eigenvalue weighted by Gasteiger charge is -2.11. The molecule has 0 amide bonds. The van der Waals surface area contributed by atoms with Gasteiger partial charge in [-0.1, -0.05) is 42.5 Å². The van der Waals surface area contributed by atoms with Crippen LogP contribution in [0.15, 0.2) is 78.9 Å². The zero-order valence-corrected chi connectivity index (χ0v) is 15.0. The van der Waals surface area contributed by atoms with E-state index in [1.165, 1.54) is 18.2 Å². The van der Waals surface area contributed by atoms with Crippen LogP contribution in [0.4, 0.5) is 0 Å². The summed E-state index contributed by atoms with van der Waals surface area (Å²) >= 11 is 0. The summed E-state index contributed by atoms with van der Waals surface area (Å²) in [5.41, 5.74) is 2.41. The number of hydrogen-bond acceptors (Lipinski definition) is 4. The van der Waals surface area contributed by atoms with Gasteiger partial charge in [0.15, 0.2) is 17.3 Å². The van der Waals surface area contributed by atoms with Crippen LogP contribution in [0.3, 0.4) is 0 Å². The van der Waals surface area contributed by atoms with Gasteiger partial charge >= 0.3 is 0 Å². The molecule has 136 valence electrons. The van der Waals surface area contributed by atoms with Gasteiger partial charge in [-0.15, -0.1) is 0 Å². The summed E-state index contributed by atoms with van der Waals surface area (Å²) in [4.78, 5) is 12.2. The Kier molecular flexibility index (Phi) is 5.90. The third-order valence-corrected chi connectivity index (χ3v) is 4.00.